The number of hydrogen-bond acceptors (Lipinski definition) is 2. The SMILES string of the molecule is O=[N+]([O-])c1ccccc1-c1ccc(Cl)cc1. The van der Waals surface area contributed by atoms with Crippen molar-refractivity contribution in [2.75, 3.05) is 0 Å². The van der Waals surface area contributed by atoms with Crippen LogP contribution in [0.4, 0.5) is 5.69 Å². The van der Waals surface area contributed by atoms with Gasteiger partial charge in [0.05, 0.1) is 10.5 Å². The molecule has 0 radical (unpaired) electrons. The Labute approximate surface area is 97.4 Å². The van der Waals surface area contributed by atoms with Crippen LogP contribution in [0.2, 0.25) is 5.02 Å². The fraction of sp³-hybridized carbons (Fsp3) is 0. The van der Waals surface area contributed by atoms with E-state index in [0.717, 1.165) is 5.56 Å². The van der Waals surface area contributed by atoms with E-state index in [1.54, 1.807) is 42.5 Å². The van der Waals surface area contributed by atoms with Crippen LogP contribution < -0.4 is 0 Å². The van der Waals surface area contributed by atoms with Gasteiger partial charge in [0, 0.05) is 11.1 Å². The van der Waals surface area contributed by atoms with Crippen molar-refractivity contribution in [1.29, 1.82) is 0 Å². The molecule has 80 valence electrons. The summed E-state index contributed by atoms with van der Waals surface area (Å²) in [6.45, 7) is 0. The van der Waals surface area contributed by atoms with Crippen molar-refractivity contribution in [2.24, 2.45) is 0 Å². The third kappa shape index (κ3) is 2.04. The Morgan fingerprint density at radius 2 is 1.62 bits per heavy atom. The smallest absolute Gasteiger partial charge is 0.258 e. The van der Waals surface area contributed by atoms with Gasteiger partial charge in [0.15, 0.2) is 0 Å². The minimum Gasteiger partial charge on any atom is -0.258 e. The predicted molar refractivity (Wildman–Crippen MR) is 63.5 cm³/mol. The lowest BCUT2D eigenvalue weighted by Crippen LogP contribution is -1.91. The molecule has 0 heterocycles. The number of nitrogens with zero attached hydrogens (tertiary/aromatic N) is 1. The standard InChI is InChI=1S/C12H8ClNO2/c13-10-7-5-9(6-8-10)11-3-1-2-4-12(11)14(15)16/h1-8H. The van der Waals surface area contributed by atoms with Gasteiger partial charge in [-0.2, -0.15) is 0 Å². The van der Waals surface area contributed by atoms with E-state index < -0.39 is 0 Å². The first-order chi connectivity index (χ1) is 7.68. The number of rotatable bonds is 2. The summed E-state index contributed by atoms with van der Waals surface area (Å²) in [5.74, 6) is 0. The van der Waals surface area contributed by atoms with E-state index >= 15 is 0 Å². The minimum absolute atomic E-state index is 0.102. The molecule has 0 aliphatic heterocycles. The number of benzene rings is 2. The summed E-state index contributed by atoms with van der Waals surface area (Å²) in [6, 6.07) is 13.6. The van der Waals surface area contributed by atoms with Crippen LogP contribution in [0.3, 0.4) is 0 Å². The molecule has 0 saturated heterocycles. The van der Waals surface area contributed by atoms with Gasteiger partial charge in [-0.1, -0.05) is 35.9 Å². The molecule has 0 aliphatic rings. The normalized spacial score (nSPS) is 10.1. The monoisotopic (exact) mass is 233 g/mol. The maximum atomic E-state index is 10.8. The van der Waals surface area contributed by atoms with Crippen LogP contribution in [0.1, 0.15) is 0 Å². The summed E-state index contributed by atoms with van der Waals surface area (Å²) < 4.78 is 0. The van der Waals surface area contributed by atoms with Crippen LogP contribution in [0.25, 0.3) is 11.1 Å². The van der Waals surface area contributed by atoms with Crippen molar-refractivity contribution >= 4 is 17.3 Å². The molecular formula is C12H8ClNO2. The quantitative estimate of drug-likeness (QED) is 0.583. The zero-order valence-electron chi connectivity index (χ0n) is 8.26. The molecule has 2 rings (SSSR count). The fourth-order valence-electron chi connectivity index (χ4n) is 1.51. The highest BCUT2D eigenvalue weighted by Gasteiger charge is 2.13. The molecule has 0 unspecified atom stereocenters. The van der Waals surface area contributed by atoms with Crippen LogP contribution in [0, 0.1) is 10.1 Å². The van der Waals surface area contributed by atoms with E-state index in [4.69, 9.17) is 11.6 Å². The van der Waals surface area contributed by atoms with Gasteiger partial charge < -0.3 is 0 Å². The van der Waals surface area contributed by atoms with Crippen molar-refractivity contribution in [3.05, 3.63) is 63.7 Å². The maximum absolute atomic E-state index is 10.8. The van der Waals surface area contributed by atoms with Crippen molar-refractivity contribution in [2.45, 2.75) is 0 Å². The first-order valence-corrected chi connectivity index (χ1v) is 5.05. The highest BCUT2D eigenvalue weighted by molar-refractivity contribution is 6.30. The average molecular weight is 234 g/mol. The number of halogens is 1. The molecule has 0 saturated carbocycles. The lowest BCUT2D eigenvalue weighted by molar-refractivity contribution is -0.384. The van der Waals surface area contributed by atoms with E-state index in [1.807, 2.05) is 0 Å². The van der Waals surface area contributed by atoms with Crippen molar-refractivity contribution < 1.29 is 4.92 Å². The number of hydrogen-bond donors (Lipinski definition) is 0. The first-order valence-electron chi connectivity index (χ1n) is 4.68. The third-order valence-electron chi connectivity index (χ3n) is 2.26. The fourth-order valence-corrected chi connectivity index (χ4v) is 1.63. The zero-order valence-corrected chi connectivity index (χ0v) is 9.02. The highest BCUT2D eigenvalue weighted by Crippen LogP contribution is 2.29. The van der Waals surface area contributed by atoms with Gasteiger partial charge in [-0.3, -0.25) is 10.1 Å². The molecule has 4 heteroatoms. The Hall–Kier alpha value is -1.87. The summed E-state index contributed by atoms with van der Waals surface area (Å²) in [7, 11) is 0. The van der Waals surface area contributed by atoms with Crippen molar-refractivity contribution in [3.63, 3.8) is 0 Å². The molecule has 0 amide bonds. The van der Waals surface area contributed by atoms with Crippen LogP contribution in [-0.4, -0.2) is 4.92 Å². The Balaban J connectivity index is 2.55. The molecule has 0 fully saturated rings. The van der Waals surface area contributed by atoms with Gasteiger partial charge in [-0.05, 0) is 23.8 Å². The summed E-state index contributed by atoms with van der Waals surface area (Å²) >= 11 is 5.77. The number of nitro benzene ring substituents is 1. The van der Waals surface area contributed by atoms with Crippen LogP contribution in [-0.2, 0) is 0 Å². The number of nitro groups is 1. The summed E-state index contributed by atoms with van der Waals surface area (Å²) in [5, 5.41) is 11.5. The summed E-state index contributed by atoms with van der Waals surface area (Å²) in [4.78, 5) is 10.5. The summed E-state index contributed by atoms with van der Waals surface area (Å²) in [5.41, 5.74) is 1.49. The number of para-hydroxylation sites is 1. The largest absolute Gasteiger partial charge is 0.277 e. The van der Waals surface area contributed by atoms with Crippen LogP contribution >= 0.6 is 11.6 Å². The van der Waals surface area contributed by atoms with Crippen molar-refractivity contribution in [3.8, 4) is 11.1 Å². The maximum Gasteiger partial charge on any atom is 0.277 e. The predicted octanol–water partition coefficient (Wildman–Crippen LogP) is 3.92. The van der Waals surface area contributed by atoms with E-state index in [-0.39, 0.29) is 10.6 Å². The van der Waals surface area contributed by atoms with Gasteiger partial charge in [0.2, 0.25) is 0 Å². The molecule has 2 aromatic rings. The molecule has 0 N–H and O–H groups in total. The second-order valence-electron chi connectivity index (χ2n) is 3.28. The highest BCUT2D eigenvalue weighted by atomic mass is 35.5. The Morgan fingerprint density at radius 3 is 2.25 bits per heavy atom. The van der Waals surface area contributed by atoms with Crippen molar-refractivity contribution in [1.82, 2.24) is 0 Å². The molecular weight excluding hydrogens is 226 g/mol. The molecule has 0 bridgehead atoms. The van der Waals surface area contributed by atoms with Crippen LogP contribution in [0.5, 0.6) is 0 Å². The summed E-state index contributed by atoms with van der Waals surface area (Å²) in [6.07, 6.45) is 0. The van der Waals surface area contributed by atoms with Gasteiger partial charge >= 0.3 is 0 Å². The third-order valence-corrected chi connectivity index (χ3v) is 2.51. The van der Waals surface area contributed by atoms with Crippen LogP contribution in [0.15, 0.2) is 48.5 Å². The minimum atomic E-state index is -0.385. The Kier molecular flexibility index (Phi) is 2.88. The molecule has 0 spiro atoms. The molecule has 0 aromatic heterocycles. The second-order valence-corrected chi connectivity index (χ2v) is 3.72. The zero-order chi connectivity index (χ0) is 11.5. The van der Waals surface area contributed by atoms with E-state index in [0.29, 0.717) is 10.6 Å². The lowest BCUT2D eigenvalue weighted by atomic mass is 10.0. The molecule has 0 aliphatic carbocycles. The average Bonchev–Trinajstić information content (AvgIpc) is 2.30. The van der Waals surface area contributed by atoms with Gasteiger partial charge in [-0.15, -0.1) is 0 Å². The van der Waals surface area contributed by atoms with Gasteiger partial charge in [0.1, 0.15) is 0 Å². The molecule has 2 aromatic carbocycles. The first kappa shape index (κ1) is 10.6. The van der Waals surface area contributed by atoms with E-state index in [1.165, 1.54) is 6.07 Å². The molecule has 0 atom stereocenters. The topological polar surface area (TPSA) is 43.1 Å². The van der Waals surface area contributed by atoms with E-state index in [9.17, 15) is 10.1 Å². The molecule has 16 heavy (non-hydrogen) atoms. The van der Waals surface area contributed by atoms with Gasteiger partial charge in [0.25, 0.3) is 5.69 Å². The Bertz CT molecular complexity index is 523. The Morgan fingerprint density at radius 1 is 1.00 bits per heavy atom. The lowest BCUT2D eigenvalue weighted by Gasteiger charge is -2.02. The van der Waals surface area contributed by atoms with E-state index in [2.05, 4.69) is 0 Å². The molecule has 3 nitrogen and oxygen atoms in total. The van der Waals surface area contributed by atoms with Gasteiger partial charge in [-0.25, -0.2) is 0 Å². The second kappa shape index (κ2) is 4.33.